The molecule has 4 heteroatoms. The van der Waals surface area contributed by atoms with Gasteiger partial charge < -0.3 is 14.9 Å². The Kier molecular flexibility index (Phi) is 12.3. The normalized spacial score (nSPS) is 11.3. The molecule has 0 spiro atoms. The smallest absolute Gasteiger partial charge is 0.128 e. The first-order chi connectivity index (χ1) is 15.2. The van der Waals surface area contributed by atoms with E-state index in [1.807, 2.05) is 6.07 Å². The number of phenolic OH excluding ortho intramolecular Hbond substituents is 2. The molecule has 2 aromatic carbocycles. The van der Waals surface area contributed by atoms with Crippen molar-refractivity contribution in [1.82, 2.24) is 0 Å². The fourth-order valence-electron chi connectivity index (χ4n) is 3.54. The Balaban J connectivity index is 1.54. The first-order valence-corrected chi connectivity index (χ1v) is 12.0. The summed E-state index contributed by atoms with van der Waals surface area (Å²) in [5.74, 6) is 1.04. The van der Waals surface area contributed by atoms with E-state index in [4.69, 9.17) is 4.74 Å². The van der Waals surface area contributed by atoms with Crippen molar-refractivity contribution >= 4 is 11.9 Å². The summed E-state index contributed by atoms with van der Waals surface area (Å²) < 4.78 is 5.78. The van der Waals surface area contributed by atoms with E-state index in [1.54, 1.807) is 42.6 Å². The van der Waals surface area contributed by atoms with Gasteiger partial charge in [-0.25, -0.2) is 0 Å². The van der Waals surface area contributed by atoms with Gasteiger partial charge in [-0.05, 0) is 42.8 Å². The lowest BCUT2D eigenvalue weighted by Gasteiger charge is -2.08. The Hall–Kier alpha value is -2.49. The summed E-state index contributed by atoms with van der Waals surface area (Å²) in [6.07, 6.45) is 17.5. The first kappa shape index (κ1) is 24.8. The Morgan fingerprint density at radius 1 is 0.742 bits per heavy atom. The third-order valence-electron chi connectivity index (χ3n) is 5.47. The Morgan fingerprint density at radius 2 is 1.32 bits per heavy atom. The number of aliphatic imine (C=N–C) groups is 1. The molecule has 0 heterocycles. The Bertz CT molecular complexity index is 756. The monoisotopic (exact) mass is 425 g/mol. The molecule has 2 rings (SSSR count). The summed E-state index contributed by atoms with van der Waals surface area (Å²) in [5, 5.41) is 19.5. The molecule has 0 saturated heterocycles. The van der Waals surface area contributed by atoms with Crippen LogP contribution >= 0.6 is 0 Å². The highest BCUT2D eigenvalue weighted by Gasteiger charge is 2.02. The summed E-state index contributed by atoms with van der Waals surface area (Å²) in [4.78, 5) is 4.31. The maximum atomic E-state index is 10.2. The van der Waals surface area contributed by atoms with Gasteiger partial charge in [-0.2, -0.15) is 0 Å². The molecular weight excluding hydrogens is 386 g/mol. The topological polar surface area (TPSA) is 62.0 Å². The third kappa shape index (κ3) is 10.9. The van der Waals surface area contributed by atoms with E-state index >= 15 is 0 Å². The highest BCUT2D eigenvalue weighted by molar-refractivity contribution is 5.85. The second-order valence-corrected chi connectivity index (χ2v) is 8.23. The summed E-state index contributed by atoms with van der Waals surface area (Å²) in [7, 11) is 0. The molecule has 31 heavy (non-hydrogen) atoms. The predicted octanol–water partition coefficient (Wildman–Crippen LogP) is 7.93. The van der Waals surface area contributed by atoms with Crippen molar-refractivity contribution in [2.75, 3.05) is 6.61 Å². The molecule has 2 N–H and O–H groups in total. The van der Waals surface area contributed by atoms with E-state index in [0.29, 0.717) is 23.6 Å². The molecule has 0 aliphatic heterocycles. The minimum Gasteiger partial charge on any atom is -0.508 e. The molecule has 0 bridgehead atoms. The molecular formula is C27H39NO3. The Labute approximate surface area is 188 Å². The largest absolute Gasteiger partial charge is 0.508 e. The van der Waals surface area contributed by atoms with Crippen molar-refractivity contribution < 1.29 is 14.9 Å². The minimum absolute atomic E-state index is 0.148. The fourth-order valence-corrected chi connectivity index (χ4v) is 3.54. The molecule has 0 unspecified atom stereocenters. The summed E-state index contributed by atoms with van der Waals surface area (Å²) in [5.41, 5.74) is 1.34. The van der Waals surface area contributed by atoms with Crippen LogP contribution in [0.2, 0.25) is 0 Å². The molecule has 4 nitrogen and oxygen atoms in total. The van der Waals surface area contributed by atoms with E-state index in [2.05, 4.69) is 11.9 Å². The second-order valence-electron chi connectivity index (χ2n) is 8.23. The number of nitrogens with zero attached hydrogens (tertiary/aromatic N) is 1. The quantitative estimate of drug-likeness (QED) is 0.212. The van der Waals surface area contributed by atoms with Crippen LogP contribution in [0, 0.1) is 0 Å². The van der Waals surface area contributed by atoms with Gasteiger partial charge in [0.05, 0.1) is 12.3 Å². The van der Waals surface area contributed by atoms with E-state index in [9.17, 15) is 10.2 Å². The highest BCUT2D eigenvalue weighted by atomic mass is 16.5. The number of hydrogen-bond donors (Lipinski definition) is 2. The van der Waals surface area contributed by atoms with Crippen LogP contribution in [0.15, 0.2) is 47.5 Å². The number of rotatable bonds is 16. The lowest BCUT2D eigenvalue weighted by molar-refractivity contribution is 0.302. The van der Waals surface area contributed by atoms with Crippen molar-refractivity contribution in [2.45, 2.75) is 84.0 Å². The van der Waals surface area contributed by atoms with Gasteiger partial charge in [-0.1, -0.05) is 77.6 Å². The number of benzene rings is 2. The van der Waals surface area contributed by atoms with Crippen LogP contribution in [0.1, 0.15) is 89.5 Å². The van der Waals surface area contributed by atoms with Crippen LogP contribution in [0.25, 0.3) is 0 Å². The average molecular weight is 426 g/mol. The summed E-state index contributed by atoms with van der Waals surface area (Å²) in [6, 6.07) is 11.9. The van der Waals surface area contributed by atoms with E-state index in [1.165, 1.54) is 70.6 Å². The van der Waals surface area contributed by atoms with Crippen LogP contribution in [0.3, 0.4) is 0 Å². The molecule has 0 radical (unpaired) electrons. The van der Waals surface area contributed by atoms with Gasteiger partial charge in [0.1, 0.15) is 17.2 Å². The third-order valence-corrected chi connectivity index (χ3v) is 5.47. The van der Waals surface area contributed by atoms with Gasteiger partial charge in [0.25, 0.3) is 0 Å². The number of aromatic hydroxyl groups is 2. The van der Waals surface area contributed by atoms with Gasteiger partial charge in [0.2, 0.25) is 0 Å². The molecule has 0 fully saturated rings. The lowest BCUT2D eigenvalue weighted by Crippen LogP contribution is -1.97. The zero-order chi connectivity index (χ0) is 22.2. The van der Waals surface area contributed by atoms with Crippen molar-refractivity contribution in [3.05, 3.63) is 48.0 Å². The fraction of sp³-hybridized carbons (Fsp3) is 0.519. The highest BCUT2D eigenvalue weighted by Crippen LogP contribution is 2.24. The molecule has 170 valence electrons. The predicted molar refractivity (Wildman–Crippen MR) is 130 cm³/mol. The van der Waals surface area contributed by atoms with Crippen LogP contribution in [0.5, 0.6) is 17.2 Å². The van der Waals surface area contributed by atoms with Gasteiger partial charge in [0, 0.05) is 17.8 Å². The maximum absolute atomic E-state index is 10.2. The van der Waals surface area contributed by atoms with Crippen molar-refractivity contribution in [2.24, 2.45) is 4.99 Å². The van der Waals surface area contributed by atoms with Crippen molar-refractivity contribution in [1.29, 1.82) is 0 Å². The molecule has 0 aliphatic carbocycles. The second kappa shape index (κ2) is 15.3. The first-order valence-electron chi connectivity index (χ1n) is 12.0. The minimum atomic E-state index is 0.148. The molecule has 0 atom stereocenters. The van der Waals surface area contributed by atoms with Gasteiger partial charge in [0.15, 0.2) is 0 Å². The standard InChI is InChI=1S/C27H39NO3/c1-2-3-4-5-6-7-8-9-10-11-12-13-20-31-26-19-14-23(27(30)21-26)22-28-24-15-17-25(29)18-16-24/h14-19,21-22,29-30H,2-13,20H2,1H3. The summed E-state index contributed by atoms with van der Waals surface area (Å²) >= 11 is 0. The van der Waals surface area contributed by atoms with E-state index in [-0.39, 0.29) is 11.5 Å². The van der Waals surface area contributed by atoms with Gasteiger partial charge >= 0.3 is 0 Å². The maximum Gasteiger partial charge on any atom is 0.128 e. The zero-order valence-corrected chi connectivity index (χ0v) is 19.1. The SMILES string of the molecule is CCCCCCCCCCCCCCOc1ccc(C=Nc2ccc(O)cc2)c(O)c1. The molecule has 2 aromatic rings. The van der Waals surface area contributed by atoms with Crippen LogP contribution < -0.4 is 4.74 Å². The van der Waals surface area contributed by atoms with Crippen LogP contribution in [-0.4, -0.2) is 23.0 Å². The number of hydrogen-bond acceptors (Lipinski definition) is 4. The van der Waals surface area contributed by atoms with Crippen LogP contribution in [0.4, 0.5) is 5.69 Å². The summed E-state index contributed by atoms with van der Waals surface area (Å²) in [6.45, 7) is 2.94. The molecule has 0 saturated carbocycles. The number of unbranched alkanes of at least 4 members (excludes halogenated alkanes) is 11. The van der Waals surface area contributed by atoms with E-state index in [0.717, 1.165) is 6.42 Å². The van der Waals surface area contributed by atoms with Gasteiger partial charge in [-0.3, -0.25) is 4.99 Å². The zero-order valence-electron chi connectivity index (χ0n) is 19.1. The van der Waals surface area contributed by atoms with Crippen molar-refractivity contribution in [3.63, 3.8) is 0 Å². The molecule has 0 amide bonds. The van der Waals surface area contributed by atoms with Crippen molar-refractivity contribution in [3.8, 4) is 17.2 Å². The number of phenols is 2. The Morgan fingerprint density at radius 3 is 1.90 bits per heavy atom. The molecule has 0 aliphatic rings. The van der Waals surface area contributed by atoms with Crippen LogP contribution in [-0.2, 0) is 0 Å². The number of ether oxygens (including phenoxy) is 1. The molecule has 0 aromatic heterocycles. The van der Waals surface area contributed by atoms with E-state index < -0.39 is 0 Å². The lowest BCUT2D eigenvalue weighted by atomic mass is 10.1. The average Bonchev–Trinajstić information content (AvgIpc) is 2.77. The van der Waals surface area contributed by atoms with Gasteiger partial charge in [-0.15, -0.1) is 0 Å².